The average molecular weight is 213 g/mol. The molecule has 2 rings (SSSR count). The fourth-order valence-electron chi connectivity index (χ4n) is 2.77. The maximum atomic E-state index is 6.06. The Hall–Kier alpha value is -0.120. The van der Waals surface area contributed by atoms with E-state index < -0.39 is 0 Å². The van der Waals surface area contributed by atoms with Crippen LogP contribution in [0.1, 0.15) is 40.5 Å². The summed E-state index contributed by atoms with van der Waals surface area (Å²) in [5, 5.41) is 3.67. The van der Waals surface area contributed by atoms with Crippen LogP contribution in [-0.2, 0) is 9.47 Å². The molecule has 0 aromatic carbocycles. The lowest BCUT2D eigenvalue weighted by molar-refractivity contribution is -0.0704. The predicted octanol–water partition coefficient (Wildman–Crippen LogP) is 1.71. The fourth-order valence-corrected chi connectivity index (χ4v) is 2.77. The minimum atomic E-state index is -0.0634. The molecule has 3 nitrogen and oxygen atoms in total. The van der Waals surface area contributed by atoms with E-state index in [0.717, 1.165) is 26.1 Å². The first kappa shape index (κ1) is 11.4. The number of rotatable bonds is 2. The van der Waals surface area contributed by atoms with Gasteiger partial charge in [0.2, 0.25) is 0 Å². The van der Waals surface area contributed by atoms with E-state index in [1.54, 1.807) is 0 Å². The van der Waals surface area contributed by atoms with Gasteiger partial charge in [0.1, 0.15) is 0 Å². The van der Waals surface area contributed by atoms with E-state index in [2.05, 4.69) is 33.0 Å². The molecule has 3 heteroatoms. The number of ether oxygens (including phenoxy) is 2. The van der Waals surface area contributed by atoms with Crippen LogP contribution in [0.5, 0.6) is 0 Å². The molecule has 0 saturated carbocycles. The van der Waals surface area contributed by atoms with Gasteiger partial charge < -0.3 is 14.8 Å². The van der Waals surface area contributed by atoms with Crippen LogP contribution >= 0.6 is 0 Å². The molecule has 0 aromatic heterocycles. The van der Waals surface area contributed by atoms with Gasteiger partial charge in [-0.1, -0.05) is 0 Å². The van der Waals surface area contributed by atoms with Crippen LogP contribution in [0.4, 0.5) is 0 Å². The van der Waals surface area contributed by atoms with Gasteiger partial charge in [0.05, 0.1) is 17.8 Å². The summed E-state index contributed by atoms with van der Waals surface area (Å²) in [6.45, 7) is 10.4. The van der Waals surface area contributed by atoms with Crippen LogP contribution in [0, 0.1) is 0 Å². The maximum absolute atomic E-state index is 6.06. The molecular formula is C12H23NO2. The van der Waals surface area contributed by atoms with Crippen molar-refractivity contribution in [3.8, 4) is 0 Å². The molecule has 0 bridgehead atoms. The lowest BCUT2D eigenvalue weighted by Crippen LogP contribution is -2.48. The zero-order chi connectivity index (χ0) is 11.1. The van der Waals surface area contributed by atoms with Crippen LogP contribution in [0.15, 0.2) is 0 Å². The van der Waals surface area contributed by atoms with Crippen molar-refractivity contribution in [1.29, 1.82) is 0 Å². The summed E-state index contributed by atoms with van der Waals surface area (Å²) in [4.78, 5) is 0. The zero-order valence-electron chi connectivity index (χ0n) is 10.3. The summed E-state index contributed by atoms with van der Waals surface area (Å²) in [5.41, 5.74) is -0.0628. The van der Waals surface area contributed by atoms with Crippen molar-refractivity contribution in [2.45, 2.75) is 63.8 Å². The van der Waals surface area contributed by atoms with E-state index in [0.29, 0.717) is 12.1 Å². The van der Waals surface area contributed by atoms with Crippen molar-refractivity contribution in [1.82, 2.24) is 5.32 Å². The lowest BCUT2D eigenvalue weighted by atomic mass is 9.93. The summed E-state index contributed by atoms with van der Waals surface area (Å²) >= 11 is 0. The van der Waals surface area contributed by atoms with Crippen LogP contribution in [0.25, 0.3) is 0 Å². The van der Waals surface area contributed by atoms with Crippen molar-refractivity contribution < 1.29 is 9.47 Å². The van der Waals surface area contributed by atoms with Crippen LogP contribution in [0.2, 0.25) is 0 Å². The second-order valence-corrected chi connectivity index (χ2v) is 5.95. The number of hydrogen-bond acceptors (Lipinski definition) is 3. The summed E-state index contributed by atoms with van der Waals surface area (Å²) in [5.74, 6) is 0. The topological polar surface area (TPSA) is 30.5 Å². The molecule has 0 radical (unpaired) electrons. The van der Waals surface area contributed by atoms with Crippen molar-refractivity contribution >= 4 is 0 Å². The molecule has 88 valence electrons. The summed E-state index contributed by atoms with van der Waals surface area (Å²) in [6, 6.07) is 0.964. The number of nitrogens with one attached hydrogen (secondary N) is 1. The first-order valence-electron chi connectivity index (χ1n) is 5.93. The first-order valence-corrected chi connectivity index (χ1v) is 5.93. The fraction of sp³-hybridized carbons (Fsp3) is 1.00. The van der Waals surface area contributed by atoms with Gasteiger partial charge in [-0.25, -0.2) is 0 Å². The molecule has 0 aliphatic carbocycles. The summed E-state index contributed by atoms with van der Waals surface area (Å²) < 4.78 is 11.4. The third-order valence-corrected chi connectivity index (χ3v) is 3.44. The third kappa shape index (κ3) is 2.52. The van der Waals surface area contributed by atoms with E-state index in [1.807, 2.05) is 0 Å². The molecule has 2 heterocycles. The minimum Gasteiger partial charge on any atom is -0.380 e. The Balaban J connectivity index is 1.96. The van der Waals surface area contributed by atoms with Crippen molar-refractivity contribution in [2.24, 2.45) is 0 Å². The van der Waals surface area contributed by atoms with Crippen molar-refractivity contribution in [2.75, 3.05) is 13.2 Å². The highest BCUT2D eigenvalue weighted by Crippen LogP contribution is 2.37. The largest absolute Gasteiger partial charge is 0.380 e. The molecule has 2 atom stereocenters. The normalized spacial score (nSPS) is 38.4. The Labute approximate surface area is 92.5 Å². The summed E-state index contributed by atoms with van der Waals surface area (Å²) in [6.07, 6.45) is 2.21. The molecule has 2 fully saturated rings. The number of hydrogen-bond donors (Lipinski definition) is 1. The molecule has 2 aliphatic rings. The van der Waals surface area contributed by atoms with Crippen molar-refractivity contribution in [3.63, 3.8) is 0 Å². The van der Waals surface area contributed by atoms with Gasteiger partial charge in [-0.2, -0.15) is 0 Å². The Morgan fingerprint density at radius 2 is 1.93 bits per heavy atom. The zero-order valence-corrected chi connectivity index (χ0v) is 10.3. The van der Waals surface area contributed by atoms with Gasteiger partial charge in [0.25, 0.3) is 0 Å². The SMILES string of the molecule is CC1(C)CC(NC2CCOC2)C(C)(C)O1. The highest BCUT2D eigenvalue weighted by atomic mass is 16.5. The van der Waals surface area contributed by atoms with Gasteiger partial charge in [0, 0.05) is 18.7 Å². The van der Waals surface area contributed by atoms with Crippen molar-refractivity contribution in [3.05, 3.63) is 0 Å². The minimum absolute atomic E-state index is 0.000623. The van der Waals surface area contributed by atoms with E-state index in [9.17, 15) is 0 Å². The van der Waals surface area contributed by atoms with Crippen LogP contribution < -0.4 is 5.32 Å². The molecule has 0 amide bonds. The predicted molar refractivity (Wildman–Crippen MR) is 60.0 cm³/mol. The Morgan fingerprint density at radius 1 is 1.20 bits per heavy atom. The molecule has 2 saturated heterocycles. The smallest absolute Gasteiger partial charge is 0.0787 e. The molecule has 2 aliphatic heterocycles. The van der Waals surface area contributed by atoms with Crippen LogP contribution in [-0.4, -0.2) is 36.5 Å². The second kappa shape index (κ2) is 3.72. The first-order chi connectivity index (χ1) is 6.89. The molecular weight excluding hydrogens is 190 g/mol. The Bertz CT molecular complexity index is 232. The lowest BCUT2D eigenvalue weighted by Gasteiger charge is -2.29. The van der Waals surface area contributed by atoms with Gasteiger partial charge in [-0.15, -0.1) is 0 Å². The van der Waals surface area contributed by atoms with Gasteiger partial charge in [-0.3, -0.25) is 0 Å². The highest BCUT2D eigenvalue weighted by molar-refractivity contribution is 5.00. The van der Waals surface area contributed by atoms with E-state index >= 15 is 0 Å². The highest BCUT2D eigenvalue weighted by Gasteiger charge is 2.46. The molecule has 2 unspecified atom stereocenters. The molecule has 1 N–H and O–H groups in total. The maximum Gasteiger partial charge on any atom is 0.0787 e. The van der Waals surface area contributed by atoms with E-state index in [4.69, 9.17) is 9.47 Å². The standard InChI is InChI=1S/C12H23NO2/c1-11(2)7-10(12(3,4)15-11)13-9-5-6-14-8-9/h9-10,13H,5-8H2,1-4H3. The van der Waals surface area contributed by atoms with E-state index in [1.165, 1.54) is 0 Å². The second-order valence-electron chi connectivity index (χ2n) is 5.95. The average Bonchev–Trinajstić information content (AvgIpc) is 2.58. The monoisotopic (exact) mass is 213 g/mol. The van der Waals surface area contributed by atoms with Crippen LogP contribution in [0.3, 0.4) is 0 Å². The van der Waals surface area contributed by atoms with Gasteiger partial charge >= 0.3 is 0 Å². The van der Waals surface area contributed by atoms with Gasteiger partial charge in [0.15, 0.2) is 0 Å². The van der Waals surface area contributed by atoms with E-state index in [-0.39, 0.29) is 11.2 Å². The summed E-state index contributed by atoms with van der Waals surface area (Å²) in [7, 11) is 0. The molecule has 15 heavy (non-hydrogen) atoms. The Kier molecular flexibility index (Phi) is 2.82. The molecule has 0 spiro atoms. The van der Waals surface area contributed by atoms with Gasteiger partial charge in [-0.05, 0) is 40.5 Å². The third-order valence-electron chi connectivity index (χ3n) is 3.44. The Morgan fingerprint density at radius 3 is 2.40 bits per heavy atom. The molecule has 0 aromatic rings. The quantitative estimate of drug-likeness (QED) is 0.757.